The van der Waals surface area contributed by atoms with E-state index in [0.29, 0.717) is 96.3 Å². The number of H-pyrrole nitrogens is 2. The number of ether oxygens (including phenoxy) is 4. The van der Waals surface area contributed by atoms with Crippen LogP contribution < -0.4 is 18.9 Å². The molecule has 0 saturated heterocycles. The lowest BCUT2D eigenvalue weighted by atomic mass is 9.95. The molecular formula is C64H77N9O6. The van der Waals surface area contributed by atoms with Crippen molar-refractivity contribution < 1.29 is 28.8 Å². The molecule has 414 valence electrons. The number of benzene rings is 4. The zero-order valence-electron chi connectivity index (χ0n) is 48.7. The number of hydrogen-bond donors (Lipinski definition) is 3. The number of aromatic amines is 2. The fraction of sp³-hybridized carbons (Fsp3) is 0.469. The molecular weight excluding hydrogens is 991 g/mol. The van der Waals surface area contributed by atoms with E-state index in [2.05, 4.69) is 121 Å². The second-order valence-electron chi connectivity index (χ2n) is 24.2. The number of carboxylic acid groups (broad SMARTS) is 1. The van der Waals surface area contributed by atoms with Crippen molar-refractivity contribution in [2.24, 2.45) is 53.3 Å². The quantitative estimate of drug-likeness (QED) is 0.0690. The summed E-state index contributed by atoms with van der Waals surface area (Å²) in [5.41, 5.74) is 5.12. The number of carboxylic acids is 1. The van der Waals surface area contributed by atoms with E-state index < -0.39 is 11.9 Å². The van der Waals surface area contributed by atoms with Gasteiger partial charge in [0.2, 0.25) is 0 Å². The molecule has 79 heavy (non-hydrogen) atoms. The SMILES string of the molecule is CC(C)C(Oc1ccc2c(c1)-c1nc-2nc2[nH]c(nc3nc(nc4[nH]c(n1)c1ccc(OC(C(C)C)C(C)C)cc41)-c1ccc(OC(C(C)C)C(C)C)cc1-3)c1c(CC(C#N)C(=O)O)cc(OC(C(C)C)C(C)C)cc21)C(C)C. The Morgan fingerprint density at radius 3 is 1.23 bits per heavy atom. The van der Waals surface area contributed by atoms with Crippen LogP contribution in [0.5, 0.6) is 23.0 Å². The van der Waals surface area contributed by atoms with Crippen LogP contribution in [0.4, 0.5) is 0 Å². The van der Waals surface area contributed by atoms with Gasteiger partial charge < -0.3 is 34.0 Å². The molecule has 7 aromatic rings. The number of aromatic nitrogens is 8. The lowest BCUT2D eigenvalue weighted by molar-refractivity contribution is -0.139. The summed E-state index contributed by atoms with van der Waals surface area (Å²) < 4.78 is 27.1. The molecule has 5 heterocycles. The van der Waals surface area contributed by atoms with Crippen LogP contribution in [0.25, 0.3) is 89.7 Å². The lowest BCUT2D eigenvalue weighted by Gasteiger charge is -2.26. The normalized spacial score (nSPS) is 13.0. The average molecular weight is 1070 g/mol. The van der Waals surface area contributed by atoms with E-state index in [0.717, 1.165) is 21.9 Å². The number of fused-ring (bicyclic) bond motifs is 20. The maximum atomic E-state index is 12.7. The Hall–Kier alpha value is -7.60. The summed E-state index contributed by atoms with van der Waals surface area (Å²) in [6.45, 7) is 34.4. The van der Waals surface area contributed by atoms with E-state index in [-0.39, 0.29) is 78.2 Å². The molecule has 2 aliphatic rings. The smallest absolute Gasteiger partial charge is 0.321 e. The van der Waals surface area contributed by atoms with Crippen LogP contribution in [0.15, 0.2) is 66.7 Å². The highest BCUT2D eigenvalue weighted by Crippen LogP contribution is 2.42. The van der Waals surface area contributed by atoms with Crippen LogP contribution in [-0.2, 0) is 11.2 Å². The molecule has 15 nitrogen and oxygen atoms in total. The monoisotopic (exact) mass is 1070 g/mol. The van der Waals surface area contributed by atoms with Crippen molar-refractivity contribution in [1.82, 2.24) is 39.9 Å². The van der Waals surface area contributed by atoms with Crippen LogP contribution in [0.2, 0.25) is 0 Å². The molecule has 8 bridgehead atoms. The van der Waals surface area contributed by atoms with Gasteiger partial charge in [0.15, 0.2) is 23.3 Å². The molecule has 0 amide bonds. The van der Waals surface area contributed by atoms with E-state index in [1.54, 1.807) is 0 Å². The molecule has 1 unspecified atom stereocenters. The second kappa shape index (κ2) is 22.6. The number of nitriles is 1. The van der Waals surface area contributed by atoms with Gasteiger partial charge in [-0.25, -0.2) is 29.9 Å². The number of carbonyl (C=O) groups is 1. The summed E-state index contributed by atoms with van der Waals surface area (Å²) in [5, 5.41) is 23.4. The van der Waals surface area contributed by atoms with Gasteiger partial charge in [0.1, 0.15) is 75.9 Å². The van der Waals surface area contributed by atoms with E-state index in [1.807, 2.05) is 72.8 Å². The highest BCUT2D eigenvalue weighted by Gasteiger charge is 2.30. The van der Waals surface area contributed by atoms with Crippen LogP contribution in [-0.4, -0.2) is 75.4 Å². The summed E-state index contributed by atoms with van der Waals surface area (Å²) in [7, 11) is 0. The fourth-order valence-electron chi connectivity index (χ4n) is 11.6. The Bertz CT molecular complexity index is 3600. The fourth-order valence-corrected chi connectivity index (χ4v) is 11.6. The van der Waals surface area contributed by atoms with Gasteiger partial charge in [-0.05, 0) is 126 Å². The zero-order chi connectivity index (χ0) is 56.9. The highest BCUT2D eigenvalue weighted by molar-refractivity contribution is 6.08. The van der Waals surface area contributed by atoms with Crippen LogP contribution >= 0.6 is 0 Å². The van der Waals surface area contributed by atoms with Crippen molar-refractivity contribution in [3.63, 3.8) is 0 Å². The summed E-state index contributed by atoms with van der Waals surface area (Å²) in [4.78, 5) is 51.8. The predicted molar refractivity (Wildman–Crippen MR) is 313 cm³/mol. The summed E-state index contributed by atoms with van der Waals surface area (Å²) in [6, 6.07) is 23.6. The number of nitrogens with one attached hydrogen (secondary N) is 2. The van der Waals surface area contributed by atoms with Gasteiger partial charge >= 0.3 is 5.97 Å². The Labute approximate surface area is 464 Å². The van der Waals surface area contributed by atoms with Crippen molar-refractivity contribution in [2.45, 2.75) is 142 Å². The lowest BCUT2D eigenvalue weighted by Crippen LogP contribution is -2.29. The topological polar surface area (TPSA) is 207 Å². The Balaban J connectivity index is 1.42. The molecule has 3 N–H and O–H groups in total. The van der Waals surface area contributed by atoms with Crippen LogP contribution in [0.3, 0.4) is 0 Å². The number of hydrogen-bond acceptors (Lipinski definition) is 12. The molecule has 0 radical (unpaired) electrons. The first-order valence-corrected chi connectivity index (χ1v) is 28.2. The van der Waals surface area contributed by atoms with Crippen molar-refractivity contribution in [3.8, 4) is 74.6 Å². The van der Waals surface area contributed by atoms with Crippen molar-refractivity contribution in [3.05, 3.63) is 72.3 Å². The van der Waals surface area contributed by atoms with Gasteiger partial charge in [0, 0.05) is 43.8 Å². The summed E-state index contributed by atoms with van der Waals surface area (Å²) >= 11 is 0. The molecule has 0 fully saturated rings. The van der Waals surface area contributed by atoms with Gasteiger partial charge in [-0.1, -0.05) is 111 Å². The maximum absolute atomic E-state index is 12.7. The van der Waals surface area contributed by atoms with E-state index in [9.17, 15) is 15.2 Å². The first-order chi connectivity index (χ1) is 37.5. The maximum Gasteiger partial charge on any atom is 0.321 e. The summed E-state index contributed by atoms with van der Waals surface area (Å²) in [6.07, 6.45) is -0.501. The van der Waals surface area contributed by atoms with Crippen LogP contribution in [0, 0.1) is 64.6 Å². The number of nitrogens with zero attached hydrogens (tertiary/aromatic N) is 7. The molecule has 0 spiro atoms. The first kappa shape index (κ1) is 56.1. The van der Waals surface area contributed by atoms with E-state index in [1.165, 1.54) is 0 Å². The Morgan fingerprint density at radius 1 is 0.443 bits per heavy atom. The third-order valence-corrected chi connectivity index (χ3v) is 15.1. The van der Waals surface area contributed by atoms with Gasteiger partial charge in [-0.15, -0.1) is 0 Å². The molecule has 4 aromatic carbocycles. The predicted octanol–water partition coefficient (Wildman–Crippen LogP) is 14.9. The molecule has 1 atom stereocenters. The molecule has 0 aliphatic carbocycles. The molecule has 2 aliphatic heterocycles. The average Bonchev–Trinajstić information content (AvgIpc) is 4.33. The van der Waals surface area contributed by atoms with Crippen LogP contribution in [0.1, 0.15) is 116 Å². The third-order valence-electron chi connectivity index (χ3n) is 15.1. The van der Waals surface area contributed by atoms with Crippen molar-refractivity contribution in [2.75, 3.05) is 0 Å². The number of aliphatic carboxylic acids is 1. The Kier molecular flexibility index (Phi) is 16.1. The van der Waals surface area contributed by atoms with Gasteiger partial charge in [-0.3, -0.25) is 4.79 Å². The molecule has 0 saturated carbocycles. The standard InChI is InChI=1S/C64H77N9O6/c1-30(2)52(31(3)4)76-40-17-20-44-47(25-40)59-66-56(44)67-60-48-26-41(77-53(32(5)6)33(7)8)18-21-45(48)58(69-60)71-62-50-28-43(79-55(36(13)14)37(15)16)24-38(23-39(29-65)64(74)75)51(50)63(73-62)72-61-49-27-42(78-54(34(9)10)35(11)12)19-22-46(49)57(68-59)70-61/h17-22,24-28,30-37,39,52-55H,23H2,1-16H3,(H,74,75)(H2,66,67,68,69,70,71,72,73). The van der Waals surface area contributed by atoms with E-state index in [4.69, 9.17) is 48.9 Å². The van der Waals surface area contributed by atoms with Gasteiger partial charge in [0.25, 0.3) is 0 Å². The zero-order valence-corrected chi connectivity index (χ0v) is 48.7. The van der Waals surface area contributed by atoms with Gasteiger partial charge in [-0.2, -0.15) is 5.26 Å². The molecule has 15 heteroatoms. The minimum atomic E-state index is -1.38. The summed E-state index contributed by atoms with van der Waals surface area (Å²) in [5.74, 6) is 3.20. The largest absolute Gasteiger partial charge is 0.490 e. The minimum Gasteiger partial charge on any atom is -0.490 e. The third kappa shape index (κ3) is 11.5. The Morgan fingerprint density at radius 2 is 0.797 bits per heavy atom. The minimum absolute atomic E-state index is 0.0388. The van der Waals surface area contributed by atoms with E-state index >= 15 is 0 Å². The highest BCUT2D eigenvalue weighted by atomic mass is 16.5. The molecule has 3 aromatic heterocycles. The molecule has 9 rings (SSSR count). The van der Waals surface area contributed by atoms with Gasteiger partial charge in [0.05, 0.1) is 6.07 Å². The number of rotatable bonds is 19. The van der Waals surface area contributed by atoms with Crippen molar-refractivity contribution in [1.29, 1.82) is 5.26 Å². The second-order valence-corrected chi connectivity index (χ2v) is 24.2. The van der Waals surface area contributed by atoms with Crippen molar-refractivity contribution >= 4 is 50.1 Å². The first-order valence-electron chi connectivity index (χ1n) is 28.2.